The third-order valence-corrected chi connectivity index (χ3v) is 8.16. The van der Waals surface area contributed by atoms with Gasteiger partial charge in [0, 0.05) is 27.2 Å². The minimum atomic E-state index is 1.15. The molecule has 0 aliphatic carbocycles. The second-order valence-electron chi connectivity index (χ2n) is 10.3. The molecule has 3 nitrogen and oxygen atoms in total. The number of para-hydroxylation sites is 3. The van der Waals surface area contributed by atoms with Crippen LogP contribution >= 0.6 is 0 Å². The first-order valence-electron chi connectivity index (χ1n) is 13.4. The Kier molecular flexibility index (Phi) is 4.05. The third-order valence-electron chi connectivity index (χ3n) is 8.16. The van der Waals surface area contributed by atoms with Crippen molar-refractivity contribution < 1.29 is 0 Å². The molecule has 0 saturated carbocycles. The molecule has 0 unspecified atom stereocenters. The van der Waals surface area contributed by atoms with Gasteiger partial charge in [0.1, 0.15) is 11.3 Å². The highest BCUT2D eigenvalue weighted by atomic mass is 15.2. The van der Waals surface area contributed by atoms with E-state index in [-0.39, 0.29) is 0 Å². The van der Waals surface area contributed by atoms with Crippen molar-refractivity contribution in [2.24, 2.45) is 0 Å². The van der Waals surface area contributed by atoms with E-state index in [2.05, 4.69) is 153 Å². The normalized spacial score (nSPS) is 12.1. The molecule has 0 aliphatic heterocycles. The lowest BCUT2D eigenvalue weighted by Gasteiger charge is -2.13. The lowest BCUT2D eigenvalue weighted by Crippen LogP contribution is -2.02. The molecule has 9 rings (SSSR count). The summed E-state index contributed by atoms with van der Waals surface area (Å²) in [6.07, 6.45) is 0. The predicted molar refractivity (Wildman–Crippen MR) is 163 cm³/mol. The Morgan fingerprint density at radius 1 is 0.410 bits per heavy atom. The molecule has 0 spiro atoms. The second kappa shape index (κ2) is 7.62. The van der Waals surface area contributed by atoms with Gasteiger partial charge in [-0.2, -0.15) is 0 Å². The lowest BCUT2D eigenvalue weighted by atomic mass is 10.1. The van der Waals surface area contributed by atoms with Crippen LogP contribution in [0.15, 0.2) is 140 Å². The van der Waals surface area contributed by atoms with Crippen molar-refractivity contribution in [2.45, 2.75) is 0 Å². The molecule has 0 bridgehead atoms. The van der Waals surface area contributed by atoms with Crippen molar-refractivity contribution in [3.8, 4) is 16.8 Å². The molecule has 182 valence electrons. The van der Waals surface area contributed by atoms with Gasteiger partial charge >= 0.3 is 0 Å². The van der Waals surface area contributed by atoms with Crippen LogP contribution in [0.1, 0.15) is 0 Å². The van der Waals surface area contributed by atoms with Gasteiger partial charge in [-0.1, -0.05) is 97.1 Å². The molecule has 0 fully saturated rings. The Bertz CT molecular complexity index is 2350. The number of benzene rings is 5. The van der Waals surface area contributed by atoms with Gasteiger partial charge in [0.2, 0.25) is 0 Å². The molecule has 0 radical (unpaired) electrons. The van der Waals surface area contributed by atoms with E-state index in [1.807, 2.05) is 0 Å². The Labute approximate surface area is 224 Å². The molecule has 9 aromatic rings. The van der Waals surface area contributed by atoms with Gasteiger partial charge in [-0.15, -0.1) is 0 Å². The van der Waals surface area contributed by atoms with Crippen LogP contribution < -0.4 is 0 Å². The summed E-state index contributed by atoms with van der Waals surface area (Å²) in [5, 5.41) is 5.00. The summed E-state index contributed by atoms with van der Waals surface area (Å²) < 4.78 is 7.35. The average Bonchev–Trinajstić information content (AvgIpc) is 3.67. The first-order valence-corrected chi connectivity index (χ1v) is 13.4. The Balaban J connectivity index is 1.55. The van der Waals surface area contributed by atoms with Crippen molar-refractivity contribution in [1.29, 1.82) is 0 Å². The van der Waals surface area contributed by atoms with E-state index in [9.17, 15) is 0 Å². The highest BCUT2D eigenvalue weighted by molar-refractivity contribution is 6.19. The fraction of sp³-hybridized carbons (Fsp3) is 0. The summed E-state index contributed by atoms with van der Waals surface area (Å²) >= 11 is 0. The minimum absolute atomic E-state index is 1.15. The highest BCUT2D eigenvalue weighted by Gasteiger charge is 2.22. The summed E-state index contributed by atoms with van der Waals surface area (Å²) in [5.41, 5.74) is 10.8. The van der Waals surface area contributed by atoms with Gasteiger partial charge < -0.3 is 0 Å². The van der Waals surface area contributed by atoms with Crippen LogP contribution in [-0.4, -0.2) is 13.4 Å². The van der Waals surface area contributed by atoms with E-state index >= 15 is 0 Å². The lowest BCUT2D eigenvalue weighted by molar-refractivity contribution is 1.09. The van der Waals surface area contributed by atoms with Crippen molar-refractivity contribution >= 4 is 54.9 Å². The van der Waals surface area contributed by atoms with Crippen molar-refractivity contribution in [1.82, 2.24) is 13.4 Å². The summed E-state index contributed by atoms with van der Waals surface area (Å²) in [6.45, 7) is 0. The number of aromatic nitrogens is 3. The van der Waals surface area contributed by atoms with E-state index in [1.54, 1.807) is 0 Å². The third kappa shape index (κ3) is 2.76. The molecule has 4 heterocycles. The maximum absolute atomic E-state index is 2.46. The first-order chi connectivity index (χ1) is 19.4. The topological polar surface area (TPSA) is 13.8 Å². The quantitative estimate of drug-likeness (QED) is 0.226. The standard InChI is InChI=1S/C36H23N3/c1-2-11-24(12-3-1)25-15-10-16-28(21-25)37-32-20-9-6-17-29(32)35-33-22-26-13-4-7-18-30(26)38(33)34-23-27-14-5-8-19-31(27)39(34)36(35)37/h1-23H. The van der Waals surface area contributed by atoms with Gasteiger partial charge in [0.25, 0.3) is 0 Å². The first kappa shape index (κ1) is 20.7. The zero-order valence-electron chi connectivity index (χ0n) is 21.1. The number of fused-ring (bicyclic) bond motifs is 12. The number of nitrogens with zero attached hydrogens (tertiary/aromatic N) is 3. The average molecular weight is 498 g/mol. The van der Waals surface area contributed by atoms with Crippen LogP contribution in [0.4, 0.5) is 0 Å². The zero-order chi connectivity index (χ0) is 25.5. The minimum Gasteiger partial charge on any atom is -0.295 e. The molecular weight excluding hydrogens is 474 g/mol. The number of rotatable bonds is 2. The smallest absolute Gasteiger partial charge is 0.134 e. The van der Waals surface area contributed by atoms with Crippen LogP contribution in [0.3, 0.4) is 0 Å². The second-order valence-corrected chi connectivity index (χ2v) is 10.3. The van der Waals surface area contributed by atoms with Crippen molar-refractivity contribution in [2.75, 3.05) is 0 Å². The maximum atomic E-state index is 2.46. The highest BCUT2D eigenvalue weighted by Crippen LogP contribution is 2.40. The fourth-order valence-corrected chi connectivity index (χ4v) is 6.52. The van der Waals surface area contributed by atoms with E-state index in [4.69, 9.17) is 0 Å². The van der Waals surface area contributed by atoms with Gasteiger partial charge in [-0.25, -0.2) is 0 Å². The molecule has 0 atom stereocenters. The largest absolute Gasteiger partial charge is 0.295 e. The Hall–Kier alpha value is -5.28. The van der Waals surface area contributed by atoms with Crippen LogP contribution in [0.5, 0.6) is 0 Å². The molecule has 0 amide bonds. The van der Waals surface area contributed by atoms with Crippen LogP contribution in [-0.2, 0) is 0 Å². The van der Waals surface area contributed by atoms with Crippen LogP contribution in [0, 0.1) is 0 Å². The molecule has 0 saturated heterocycles. The monoisotopic (exact) mass is 497 g/mol. The van der Waals surface area contributed by atoms with E-state index < -0.39 is 0 Å². The fourth-order valence-electron chi connectivity index (χ4n) is 6.52. The van der Waals surface area contributed by atoms with Gasteiger partial charge in [-0.3, -0.25) is 13.4 Å². The number of hydrogen-bond donors (Lipinski definition) is 0. The van der Waals surface area contributed by atoms with E-state index in [1.165, 1.54) is 66.0 Å². The molecule has 0 N–H and O–H groups in total. The van der Waals surface area contributed by atoms with E-state index in [0.717, 1.165) is 5.69 Å². The Morgan fingerprint density at radius 3 is 1.87 bits per heavy atom. The molecule has 0 aliphatic rings. The summed E-state index contributed by atoms with van der Waals surface area (Å²) in [7, 11) is 0. The molecule has 4 aromatic heterocycles. The zero-order valence-corrected chi connectivity index (χ0v) is 21.1. The molecule has 39 heavy (non-hydrogen) atoms. The van der Waals surface area contributed by atoms with E-state index in [0.29, 0.717) is 0 Å². The van der Waals surface area contributed by atoms with Gasteiger partial charge in [0.05, 0.1) is 22.1 Å². The molecule has 3 heteroatoms. The van der Waals surface area contributed by atoms with Gasteiger partial charge in [-0.05, 0) is 53.6 Å². The van der Waals surface area contributed by atoms with Gasteiger partial charge in [0.15, 0.2) is 0 Å². The maximum Gasteiger partial charge on any atom is 0.134 e. The SMILES string of the molecule is c1ccc(-c2cccc(-n3c4ccccc4c4c5cc6ccccc6n5c5cc6ccccc6n5c43)c2)cc1. The van der Waals surface area contributed by atoms with Crippen molar-refractivity contribution in [3.63, 3.8) is 0 Å². The van der Waals surface area contributed by atoms with Crippen molar-refractivity contribution in [3.05, 3.63) is 140 Å². The van der Waals surface area contributed by atoms with Crippen LogP contribution in [0.2, 0.25) is 0 Å². The summed E-state index contributed by atoms with van der Waals surface area (Å²) in [5.74, 6) is 0. The molecular formula is C36H23N3. The Morgan fingerprint density at radius 2 is 1.05 bits per heavy atom. The summed E-state index contributed by atoms with van der Waals surface area (Å²) in [6, 6.07) is 50.5. The predicted octanol–water partition coefficient (Wildman–Crippen LogP) is 9.26. The molecule has 5 aromatic carbocycles. The number of hydrogen-bond acceptors (Lipinski definition) is 0. The summed E-state index contributed by atoms with van der Waals surface area (Å²) in [4.78, 5) is 0. The van der Waals surface area contributed by atoms with Crippen LogP contribution in [0.25, 0.3) is 71.7 Å².